The molecule has 114 valence electrons. The lowest BCUT2D eigenvalue weighted by Gasteiger charge is -2.15. The largest absolute Gasteiger partial charge is 0.482 e. The van der Waals surface area contributed by atoms with E-state index in [1.54, 1.807) is 4.90 Å². The van der Waals surface area contributed by atoms with E-state index in [9.17, 15) is 9.59 Å². The van der Waals surface area contributed by atoms with Crippen LogP contribution in [-0.2, 0) is 14.3 Å². The number of benzene rings is 1. The van der Waals surface area contributed by atoms with Gasteiger partial charge in [0.1, 0.15) is 5.75 Å². The van der Waals surface area contributed by atoms with Crippen molar-refractivity contribution in [1.29, 1.82) is 0 Å². The van der Waals surface area contributed by atoms with Gasteiger partial charge in [0.15, 0.2) is 13.2 Å². The first kappa shape index (κ1) is 15.4. The second-order valence-electron chi connectivity index (χ2n) is 5.28. The fourth-order valence-electron chi connectivity index (χ4n) is 2.19. The molecule has 1 heterocycles. The molecule has 5 heteroatoms. The second-order valence-corrected chi connectivity index (χ2v) is 5.28. The molecule has 0 saturated carbocycles. The minimum absolute atomic E-state index is 0.132. The van der Waals surface area contributed by atoms with Gasteiger partial charge in [-0.2, -0.15) is 0 Å². The van der Waals surface area contributed by atoms with Crippen LogP contribution in [0.4, 0.5) is 0 Å². The van der Waals surface area contributed by atoms with Crippen LogP contribution in [0.1, 0.15) is 24.0 Å². The Morgan fingerprint density at radius 2 is 1.81 bits per heavy atom. The predicted molar refractivity (Wildman–Crippen MR) is 78.2 cm³/mol. The maximum absolute atomic E-state index is 11.7. The first-order valence-corrected chi connectivity index (χ1v) is 7.20. The highest BCUT2D eigenvalue weighted by Gasteiger charge is 2.19. The molecule has 2 rings (SSSR count). The van der Waals surface area contributed by atoms with Gasteiger partial charge in [-0.05, 0) is 49.9 Å². The third-order valence-corrected chi connectivity index (χ3v) is 3.65. The third kappa shape index (κ3) is 4.48. The molecule has 21 heavy (non-hydrogen) atoms. The topological polar surface area (TPSA) is 55.8 Å². The number of amides is 1. The number of ether oxygens (including phenoxy) is 2. The monoisotopic (exact) mass is 291 g/mol. The van der Waals surface area contributed by atoms with Gasteiger partial charge in [0, 0.05) is 13.1 Å². The summed E-state index contributed by atoms with van der Waals surface area (Å²) in [6.07, 6.45) is 2.05. The van der Waals surface area contributed by atoms with Crippen molar-refractivity contribution < 1.29 is 19.1 Å². The quantitative estimate of drug-likeness (QED) is 0.777. The minimum atomic E-state index is -0.527. The molecular formula is C16H21NO4. The SMILES string of the molecule is Cc1ccc(OCC(=O)OCC(=O)N2CCCC2)cc1C. The summed E-state index contributed by atoms with van der Waals surface area (Å²) < 4.78 is 10.3. The molecule has 0 radical (unpaired) electrons. The van der Waals surface area contributed by atoms with Crippen molar-refractivity contribution >= 4 is 11.9 Å². The highest BCUT2D eigenvalue weighted by Crippen LogP contribution is 2.16. The van der Waals surface area contributed by atoms with Crippen molar-refractivity contribution in [1.82, 2.24) is 4.90 Å². The van der Waals surface area contributed by atoms with Gasteiger partial charge in [0.05, 0.1) is 0 Å². The van der Waals surface area contributed by atoms with Crippen LogP contribution in [0.5, 0.6) is 5.75 Å². The summed E-state index contributed by atoms with van der Waals surface area (Å²) in [5, 5.41) is 0. The van der Waals surface area contributed by atoms with Crippen molar-refractivity contribution in [2.75, 3.05) is 26.3 Å². The van der Waals surface area contributed by atoms with Gasteiger partial charge in [0.25, 0.3) is 5.91 Å². The lowest BCUT2D eigenvalue weighted by molar-refractivity contribution is -0.153. The number of likely N-dealkylation sites (tertiary alicyclic amines) is 1. The Morgan fingerprint density at radius 1 is 1.10 bits per heavy atom. The Morgan fingerprint density at radius 3 is 2.48 bits per heavy atom. The number of aryl methyl sites for hydroxylation is 2. The molecule has 1 aliphatic heterocycles. The Balaban J connectivity index is 1.71. The van der Waals surface area contributed by atoms with Crippen molar-refractivity contribution in [2.45, 2.75) is 26.7 Å². The molecule has 1 saturated heterocycles. The predicted octanol–water partition coefficient (Wildman–Crippen LogP) is 1.85. The van der Waals surface area contributed by atoms with Gasteiger partial charge in [-0.15, -0.1) is 0 Å². The molecule has 0 aliphatic carbocycles. The molecule has 5 nitrogen and oxygen atoms in total. The molecule has 0 aromatic heterocycles. The first-order chi connectivity index (χ1) is 10.1. The van der Waals surface area contributed by atoms with Crippen LogP contribution in [0.25, 0.3) is 0 Å². The van der Waals surface area contributed by atoms with Crippen LogP contribution in [0, 0.1) is 13.8 Å². The molecule has 1 fully saturated rings. The average Bonchev–Trinajstić information content (AvgIpc) is 3.00. The smallest absolute Gasteiger partial charge is 0.344 e. The van der Waals surface area contributed by atoms with Crippen molar-refractivity contribution in [2.24, 2.45) is 0 Å². The lowest BCUT2D eigenvalue weighted by Crippen LogP contribution is -2.32. The molecule has 1 aliphatic rings. The zero-order valence-corrected chi connectivity index (χ0v) is 12.6. The number of hydrogen-bond donors (Lipinski definition) is 0. The highest BCUT2D eigenvalue weighted by molar-refractivity contribution is 5.81. The minimum Gasteiger partial charge on any atom is -0.482 e. The summed E-state index contributed by atoms with van der Waals surface area (Å²) in [4.78, 5) is 25.0. The zero-order valence-electron chi connectivity index (χ0n) is 12.6. The number of nitrogens with zero attached hydrogens (tertiary/aromatic N) is 1. The van der Waals surface area contributed by atoms with Gasteiger partial charge < -0.3 is 14.4 Å². The Labute approximate surface area is 124 Å². The molecule has 1 aromatic carbocycles. The number of esters is 1. The number of hydrogen-bond acceptors (Lipinski definition) is 4. The third-order valence-electron chi connectivity index (χ3n) is 3.65. The fourth-order valence-corrected chi connectivity index (χ4v) is 2.19. The summed E-state index contributed by atoms with van der Waals surface area (Å²) in [5.74, 6) is -0.0336. The standard InChI is InChI=1S/C16H21NO4/c1-12-5-6-14(9-13(12)2)20-11-16(19)21-10-15(18)17-7-3-4-8-17/h5-6,9H,3-4,7-8,10-11H2,1-2H3. The van der Waals surface area contributed by atoms with E-state index in [0.717, 1.165) is 31.5 Å². The molecule has 0 bridgehead atoms. The summed E-state index contributed by atoms with van der Waals surface area (Å²) in [6.45, 7) is 5.13. The van der Waals surface area contributed by atoms with E-state index in [1.165, 1.54) is 5.56 Å². The van der Waals surface area contributed by atoms with Gasteiger partial charge in [0.2, 0.25) is 0 Å². The van der Waals surface area contributed by atoms with Gasteiger partial charge in [-0.1, -0.05) is 6.07 Å². The molecule has 0 N–H and O–H groups in total. The first-order valence-electron chi connectivity index (χ1n) is 7.20. The van der Waals surface area contributed by atoms with E-state index in [1.807, 2.05) is 32.0 Å². The Bertz CT molecular complexity index is 521. The van der Waals surface area contributed by atoms with Gasteiger partial charge in [-0.25, -0.2) is 4.79 Å². The second kappa shape index (κ2) is 7.11. The maximum atomic E-state index is 11.7. The van der Waals surface area contributed by atoms with Crippen LogP contribution in [0.15, 0.2) is 18.2 Å². The van der Waals surface area contributed by atoms with E-state index in [-0.39, 0.29) is 19.1 Å². The Hall–Kier alpha value is -2.04. The fraction of sp³-hybridized carbons (Fsp3) is 0.500. The molecule has 1 amide bonds. The van der Waals surface area contributed by atoms with Gasteiger partial charge in [-0.3, -0.25) is 4.79 Å². The Kier molecular flexibility index (Phi) is 5.20. The molecule has 0 unspecified atom stereocenters. The van der Waals surface area contributed by atoms with Crippen LogP contribution in [0.3, 0.4) is 0 Å². The van der Waals surface area contributed by atoms with E-state index in [4.69, 9.17) is 9.47 Å². The van der Waals surface area contributed by atoms with Crippen molar-refractivity contribution in [3.8, 4) is 5.75 Å². The van der Waals surface area contributed by atoms with Crippen LogP contribution in [0.2, 0.25) is 0 Å². The van der Waals surface area contributed by atoms with Gasteiger partial charge >= 0.3 is 5.97 Å². The number of carbonyl (C=O) groups excluding carboxylic acids is 2. The highest BCUT2D eigenvalue weighted by atomic mass is 16.6. The summed E-state index contributed by atoms with van der Waals surface area (Å²) >= 11 is 0. The van der Waals surface area contributed by atoms with E-state index >= 15 is 0 Å². The zero-order chi connectivity index (χ0) is 15.2. The van der Waals surface area contributed by atoms with E-state index in [0.29, 0.717) is 5.75 Å². The van der Waals surface area contributed by atoms with Crippen molar-refractivity contribution in [3.05, 3.63) is 29.3 Å². The lowest BCUT2D eigenvalue weighted by atomic mass is 10.1. The van der Waals surface area contributed by atoms with E-state index in [2.05, 4.69) is 0 Å². The summed E-state index contributed by atoms with van der Waals surface area (Å²) in [6, 6.07) is 5.62. The molecule has 1 aromatic rings. The normalized spacial score (nSPS) is 14.1. The van der Waals surface area contributed by atoms with Crippen LogP contribution < -0.4 is 4.74 Å². The molecule has 0 spiro atoms. The van der Waals surface area contributed by atoms with Crippen LogP contribution >= 0.6 is 0 Å². The average molecular weight is 291 g/mol. The van der Waals surface area contributed by atoms with E-state index < -0.39 is 5.97 Å². The summed E-state index contributed by atoms with van der Waals surface area (Å²) in [5.41, 5.74) is 2.27. The maximum Gasteiger partial charge on any atom is 0.344 e. The molecular weight excluding hydrogens is 270 g/mol. The van der Waals surface area contributed by atoms with Crippen LogP contribution in [-0.4, -0.2) is 43.1 Å². The molecule has 0 atom stereocenters. The summed E-state index contributed by atoms with van der Waals surface area (Å²) in [7, 11) is 0. The number of carbonyl (C=O) groups is 2. The number of rotatable bonds is 5. The van der Waals surface area contributed by atoms with Crippen molar-refractivity contribution in [3.63, 3.8) is 0 Å².